The lowest BCUT2D eigenvalue weighted by Gasteiger charge is -2.14. The van der Waals surface area contributed by atoms with Gasteiger partial charge in [-0.1, -0.05) is 60.7 Å². The van der Waals surface area contributed by atoms with Crippen LogP contribution >= 0.6 is 0 Å². The molecule has 1 unspecified atom stereocenters. The summed E-state index contributed by atoms with van der Waals surface area (Å²) in [6.07, 6.45) is -1.67. The molecule has 1 aliphatic carbocycles. The van der Waals surface area contributed by atoms with E-state index in [1.807, 2.05) is 24.3 Å². The first kappa shape index (κ1) is 19.2. The van der Waals surface area contributed by atoms with E-state index < -0.39 is 18.9 Å². The third-order valence-corrected chi connectivity index (χ3v) is 5.20. The van der Waals surface area contributed by atoms with E-state index in [1.165, 1.54) is 11.1 Å². The van der Waals surface area contributed by atoms with Crippen molar-refractivity contribution < 1.29 is 19.0 Å². The first-order valence-corrected chi connectivity index (χ1v) is 9.61. The van der Waals surface area contributed by atoms with Gasteiger partial charge < -0.3 is 9.84 Å². The summed E-state index contributed by atoms with van der Waals surface area (Å²) in [6, 6.07) is 23.2. The second-order valence-electron chi connectivity index (χ2n) is 7.13. The highest BCUT2D eigenvalue weighted by Gasteiger charge is 2.28. The summed E-state index contributed by atoms with van der Waals surface area (Å²) in [5, 5.41) is 11.5. The van der Waals surface area contributed by atoms with Crippen molar-refractivity contribution in [3.63, 3.8) is 0 Å². The molecule has 4 nitrogen and oxygen atoms in total. The molecule has 0 saturated heterocycles. The molecule has 4 rings (SSSR count). The molecule has 1 atom stereocenters. The molecule has 0 heterocycles. The zero-order chi connectivity index (χ0) is 20.2. The first-order chi connectivity index (χ1) is 14.2. The minimum absolute atomic E-state index is 0.00972. The number of fused-ring (bicyclic) bond motifs is 3. The minimum Gasteiger partial charge on any atom is -0.448 e. The Hall–Kier alpha value is -3.18. The Morgan fingerprint density at radius 3 is 2.14 bits per heavy atom. The second-order valence-corrected chi connectivity index (χ2v) is 7.13. The molecule has 0 spiro atoms. The highest BCUT2D eigenvalue weighted by molar-refractivity contribution is 5.85. The highest BCUT2D eigenvalue weighted by Crippen LogP contribution is 2.44. The predicted molar refractivity (Wildman–Crippen MR) is 111 cm³/mol. The molecule has 3 aromatic rings. The molecule has 3 aromatic carbocycles. The topological polar surface area (TPSA) is 58.6 Å². The molecular formula is C24H22FNO3. The van der Waals surface area contributed by atoms with Gasteiger partial charge >= 0.3 is 6.09 Å². The van der Waals surface area contributed by atoms with E-state index >= 15 is 0 Å². The zero-order valence-electron chi connectivity index (χ0n) is 15.8. The zero-order valence-corrected chi connectivity index (χ0v) is 15.8. The van der Waals surface area contributed by atoms with Crippen molar-refractivity contribution in [1.29, 1.82) is 0 Å². The van der Waals surface area contributed by atoms with Crippen molar-refractivity contribution in [2.24, 2.45) is 0 Å². The van der Waals surface area contributed by atoms with Gasteiger partial charge in [0.1, 0.15) is 12.8 Å². The van der Waals surface area contributed by atoms with Crippen LogP contribution in [-0.2, 0) is 11.2 Å². The molecular weight excluding hydrogens is 369 g/mol. The van der Waals surface area contributed by atoms with Crippen LogP contribution in [0, 0.1) is 0 Å². The maximum absolute atomic E-state index is 13.2. The van der Waals surface area contributed by atoms with Crippen LogP contribution in [0.2, 0.25) is 0 Å². The quantitative estimate of drug-likeness (QED) is 0.627. The summed E-state index contributed by atoms with van der Waals surface area (Å²) in [7, 11) is 0. The molecule has 0 bridgehead atoms. The molecule has 0 radical (unpaired) electrons. The number of rotatable bonds is 6. The monoisotopic (exact) mass is 391 g/mol. The number of hydrogen-bond donors (Lipinski definition) is 2. The van der Waals surface area contributed by atoms with Crippen LogP contribution in [0.25, 0.3) is 11.1 Å². The fraction of sp³-hybridized carbons (Fsp3) is 0.208. The molecule has 1 aliphatic rings. The van der Waals surface area contributed by atoms with Gasteiger partial charge in [0, 0.05) is 18.0 Å². The number of carbonyl (C=O) groups is 1. The van der Waals surface area contributed by atoms with Crippen LogP contribution in [0.15, 0.2) is 72.8 Å². The van der Waals surface area contributed by atoms with E-state index in [4.69, 9.17) is 9.84 Å². The first-order valence-electron chi connectivity index (χ1n) is 9.61. The van der Waals surface area contributed by atoms with Gasteiger partial charge in [0.05, 0.1) is 6.61 Å². The smallest absolute Gasteiger partial charge is 0.411 e. The normalized spacial score (nSPS) is 13.4. The van der Waals surface area contributed by atoms with Crippen LogP contribution < -0.4 is 5.32 Å². The third-order valence-electron chi connectivity index (χ3n) is 5.20. The standard InChI is InChI=1S/C24H22FNO3/c25-17(14-27)13-16-9-11-18(12-10-16)26-24(28)29-15-23-21-7-3-1-5-19(21)20-6-2-4-8-22(20)23/h1-12,17,23,27H,13-15H2,(H,26,28). The summed E-state index contributed by atoms with van der Waals surface area (Å²) in [5.41, 5.74) is 6.02. The largest absolute Gasteiger partial charge is 0.448 e. The van der Waals surface area contributed by atoms with Crippen molar-refractivity contribution in [3.05, 3.63) is 89.5 Å². The fourth-order valence-electron chi connectivity index (χ4n) is 3.80. The Morgan fingerprint density at radius 2 is 1.55 bits per heavy atom. The van der Waals surface area contributed by atoms with Gasteiger partial charge in [0.25, 0.3) is 0 Å². The van der Waals surface area contributed by atoms with Crippen LogP contribution in [-0.4, -0.2) is 30.6 Å². The van der Waals surface area contributed by atoms with Crippen LogP contribution in [0.5, 0.6) is 0 Å². The number of hydrogen-bond acceptors (Lipinski definition) is 3. The van der Waals surface area contributed by atoms with Crippen molar-refractivity contribution in [2.75, 3.05) is 18.5 Å². The molecule has 0 fully saturated rings. The maximum atomic E-state index is 13.2. The van der Waals surface area contributed by atoms with Gasteiger partial charge in [-0.2, -0.15) is 0 Å². The van der Waals surface area contributed by atoms with E-state index in [0.717, 1.165) is 16.7 Å². The summed E-state index contributed by atoms with van der Waals surface area (Å²) in [4.78, 5) is 12.3. The van der Waals surface area contributed by atoms with Gasteiger partial charge in [-0.3, -0.25) is 5.32 Å². The lowest BCUT2D eigenvalue weighted by Crippen LogP contribution is -2.18. The molecule has 0 saturated carbocycles. The Kier molecular flexibility index (Phi) is 5.58. The van der Waals surface area contributed by atoms with Gasteiger partial charge in [-0.05, 0) is 39.9 Å². The lowest BCUT2D eigenvalue weighted by atomic mass is 9.98. The molecule has 148 valence electrons. The maximum Gasteiger partial charge on any atom is 0.411 e. The SMILES string of the molecule is O=C(Nc1ccc(CC(F)CO)cc1)OCC1c2ccccc2-c2ccccc21. The molecule has 5 heteroatoms. The molecule has 2 N–H and O–H groups in total. The summed E-state index contributed by atoms with van der Waals surface area (Å²) >= 11 is 0. The summed E-state index contributed by atoms with van der Waals surface area (Å²) < 4.78 is 18.8. The molecule has 0 aromatic heterocycles. The number of aliphatic hydroxyl groups excluding tert-OH is 1. The Labute approximate surface area is 169 Å². The van der Waals surface area contributed by atoms with E-state index in [1.54, 1.807) is 24.3 Å². The van der Waals surface area contributed by atoms with Gasteiger partial charge in [0.2, 0.25) is 0 Å². The van der Waals surface area contributed by atoms with Crippen LogP contribution in [0.1, 0.15) is 22.6 Å². The average Bonchev–Trinajstić information content (AvgIpc) is 3.07. The van der Waals surface area contributed by atoms with E-state index in [0.29, 0.717) is 5.69 Å². The number of nitrogens with one attached hydrogen (secondary N) is 1. The number of amides is 1. The van der Waals surface area contributed by atoms with E-state index in [-0.39, 0.29) is 18.9 Å². The number of aliphatic hydroxyl groups is 1. The van der Waals surface area contributed by atoms with Gasteiger partial charge in [-0.15, -0.1) is 0 Å². The van der Waals surface area contributed by atoms with Crippen molar-refractivity contribution >= 4 is 11.8 Å². The number of alkyl halides is 1. The minimum atomic E-state index is -1.28. The number of carbonyl (C=O) groups excluding carboxylic acids is 1. The van der Waals surface area contributed by atoms with E-state index in [9.17, 15) is 9.18 Å². The Balaban J connectivity index is 1.39. The van der Waals surface area contributed by atoms with E-state index in [2.05, 4.69) is 29.6 Å². The fourth-order valence-corrected chi connectivity index (χ4v) is 3.80. The van der Waals surface area contributed by atoms with Crippen molar-refractivity contribution in [1.82, 2.24) is 0 Å². The molecule has 29 heavy (non-hydrogen) atoms. The third kappa shape index (κ3) is 4.15. The summed E-state index contributed by atoms with van der Waals surface area (Å²) in [6.45, 7) is -0.252. The van der Waals surface area contributed by atoms with Crippen molar-refractivity contribution in [3.8, 4) is 11.1 Å². The molecule has 1 amide bonds. The Morgan fingerprint density at radius 1 is 0.966 bits per heavy atom. The van der Waals surface area contributed by atoms with Crippen molar-refractivity contribution in [2.45, 2.75) is 18.5 Å². The second kappa shape index (κ2) is 8.45. The average molecular weight is 391 g/mol. The molecule has 0 aliphatic heterocycles. The van der Waals surface area contributed by atoms with Gasteiger partial charge in [0.15, 0.2) is 0 Å². The number of halogens is 1. The highest BCUT2D eigenvalue weighted by atomic mass is 19.1. The number of ether oxygens (including phenoxy) is 1. The lowest BCUT2D eigenvalue weighted by molar-refractivity contribution is 0.158. The number of anilines is 1. The predicted octanol–water partition coefficient (Wildman–Crippen LogP) is 4.92. The van der Waals surface area contributed by atoms with Crippen LogP contribution in [0.3, 0.4) is 0 Å². The van der Waals surface area contributed by atoms with Crippen LogP contribution in [0.4, 0.5) is 14.9 Å². The van der Waals surface area contributed by atoms with Gasteiger partial charge in [-0.25, -0.2) is 9.18 Å². The Bertz CT molecular complexity index is 958. The summed E-state index contributed by atoms with van der Waals surface area (Å²) in [5.74, 6) is 0.00972. The number of benzene rings is 3.